The van der Waals surface area contributed by atoms with Gasteiger partial charge >= 0.3 is 17.6 Å². The van der Waals surface area contributed by atoms with E-state index in [4.69, 9.17) is 26.6 Å². The van der Waals surface area contributed by atoms with Gasteiger partial charge in [-0.15, -0.1) is 0 Å². The zero-order valence-electron chi connectivity index (χ0n) is 22.8. The molecule has 0 saturated carbocycles. The van der Waals surface area contributed by atoms with Crippen LogP contribution in [0.25, 0.3) is 0 Å². The molecule has 0 heterocycles. The molecule has 0 amide bonds. The van der Waals surface area contributed by atoms with Crippen molar-refractivity contribution in [2.45, 2.75) is 119 Å². The zero-order valence-corrected chi connectivity index (χ0v) is 24.8. The van der Waals surface area contributed by atoms with Gasteiger partial charge in [0.1, 0.15) is 5.67 Å². The van der Waals surface area contributed by atoms with Crippen molar-refractivity contribution in [3.8, 4) is 0 Å². The Balaban J connectivity index is 5.91. The minimum Gasteiger partial charge on any atom is -0.373 e. The SMILES string of the molecule is CCCCO[Si]([CH][Si](OCCCC)(OCCCC)OCCCC)(OCCCC)OCCCC. The molecule has 0 unspecified atom stereocenters. The van der Waals surface area contributed by atoms with E-state index in [1.54, 1.807) is 0 Å². The molecule has 0 aromatic carbocycles. The zero-order chi connectivity index (χ0) is 24.7. The van der Waals surface area contributed by atoms with E-state index in [0.717, 1.165) is 77.0 Å². The second kappa shape index (κ2) is 22.6. The van der Waals surface area contributed by atoms with Crippen LogP contribution in [0.3, 0.4) is 0 Å². The molecule has 0 spiro atoms. The highest BCUT2D eigenvalue weighted by molar-refractivity contribution is 6.86. The van der Waals surface area contributed by atoms with Crippen molar-refractivity contribution in [1.82, 2.24) is 0 Å². The lowest BCUT2D eigenvalue weighted by Crippen LogP contribution is -2.60. The lowest BCUT2D eigenvalue weighted by Gasteiger charge is -2.36. The fourth-order valence-electron chi connectivity index (χ4n) is 2.87. The van der Waals surface area contributed by atoms with Crippen LogP contribution in [-0.2, 0) is 26.6 Å². The minimum absolute atomic E-state index is 0.612. The summed E-state index contributed by atoms with van der Waals surface area (Å²) in [4.78, 5) is 0. The Morgan fingerprint density at radius 1 is 0.364 bits per heavy atom. The number of hydrogen-bond acceptors (Lipinski definition) is 6. The van der Waals surface area contributed by atoms with E-state index in [1.807, 2.05) is 5.67 Å². The first-order chi connectivity index (χ1) is 16.1. The summed E-state index contributed by atoms with van der Waals surface area (Å²) in [6, 6.07) is 0. The second-order valence-electron chi connectivity index (χ2n) is 8.56. The van der Waals surface area contributed by atoms with E-state index in [2.05, 4.69) is 41.5 Å². The fourth-order valence-corrected chi connectivity index (χ4v) is 9.67. The molecule has 6 nitrogen and oxygen atoms in total. The van der Waals surface area contributed by atoms with Gasteiger partial charge in [0.2, 0.25) is 0 Å². The summed E-state index contributed by atoms with van der Waals surface area (Å²) in [7, 11) is -6.32. The van der Waals surface area contributed by atoms with E-state index in [1.165, 1.54) is 0 Å². The van der Waals surface area contributed by atoms with Crippen LogP contribution >= 0.6 is 0 Å². The summed E-state index contributed by atoms with van der Waals surface area (Å²) >= 11 is 0. The molecule has 0 saturated heterocycles. The molecule has 0 aliphatic rings. The Labute approximate surface area is 208 Å². The van der Waals surface area contributed by atoms with Gasteiger partial charge in [-0.25, -0.2) is 0 Å². The highest BCUT2D eigenvalue weighted by Crippen LogP contribution is 2.27. The molecule has 0 atom stereocenters. The lowest BCUT2D eigenvalue weighted by atomic mass is 10.4. The Morgan fingerprint density at radius 3 is 0.697 bits per heavy atom. The van der Waals surface area contributed by atoms with Crippen LogP contribution in [0.15, 0.2) is 0 Å². The second-order valence-corrected chi connectivity index (χ2v) is 13.9. The fraction of sp³-hybridized carbons (Fsp3) is 0.960. The molecule has 0 rings (SSSR count). The largest absolute Gasteiger partial charge is 0.509 e. The van der Waals surface area contributed by atoms with Gasteiger partial charge < -0.3 is 26.6 Å². The summed E-state index contributed by atoms with van der Waals surface area (Å²) in [5, 5.41) is 0. The van der Waals surface area contributed by atoms with Crippen LogP contribution < -0.4 is 0 Å². The van der Waals surface area contributed by atoms with Crippen LogP contribution in [-0.4, -0.2) is 57.3 Å². The van der Waals surface area contributed by atoms with Gasteiger partial charge in [0.25, 0.3) is 0 Å². The first-order valence-electron chi connectivity index (χ1n) is 13.8. The van der Waals surface area contributed by atoms with Crippen molar-refractivity contribution < 1.29 is 26.6 Å². The number of rotatable bonds is 26. The van der Waals surface area contributed by atoms with E-state index in [-0.39, 0.29) is 0 Å². The summed E-state index contributed by atoms with van der Waals surface area (Å²) in [6.45, 7) is 16.7. The van der Waals surface area contributed by atoms with Crippen molar-refractivity contribution in [2.24, 2.45) is 0 Å². The average molecular weight is 508 g/mol. The van der Waals surface area contributed by atoms with Crippen molar-refractivity contribution in [3.63, 3.8) is 0 Å². The van der Waals surface area contributed by atoms with Crippen LogP contribution in [0.1, 0.15) is 119 Å². The minimum atomic E-state index is -3.16. The lowest BCUT2D eigenvalue weighted by molar-refractivity contribution is 0.0439. The molecule has 0 N–H and O–H groups in total. The van der Waals surface area contributed by atoms with Crippen LogP contribution in [0, 0.1) is 5.67 Å². The third-order valence-corrected chi connectivity index (χ3v) is 11.6. The molecule has 0 aromatic rings. The summed E-state index contributed by atoms with van der Waals surface area (Å²) in [5.74, 6) is 0. The standard InChI is InChI=1S/C25H55O6Si2/c1-7-13-19-26-32(27-20-14-8-2,28-21-15-9-3)25-33(29-22-16-10-4,30-23-17-11-5)31-24-18-12-6/h25H,7-24H2,1-6H3. The monoisotopic (exact) mass is 507 g/mol. The van der Waals surface area contributed by atoms with Gasteiger partial charge in [0.15, 0.2) is 0 Å². The molecule has 0 fully saturated rings. The van der Waals surface area contributed by atoms with Gasteiger partial charge in [0, 0.05) is 39.6 Å². The molecular weight excluding hydrogens is 452 g/mol. The maximum Gasteiger partial charge on any atom is 0.509 e. The number of hydrogen-bond donors (Lipinski definition) is 0. The summed E-state index contributed by atoms with van der Waals surface area (Å²) < 4.78 is 38.8. The van der Waals surface area contributed by atoms with Gasteiger partial charge in [0.05, 0.1) is 0 Å². The Bertz CT molecular complexity index is 325. The first kappa shape index (κ1) is 33.2. The summed E-state index contributed by atoms with van der Waals surface area (Å²) in [6.07, 6.45) is 12.2. The number of unbranched alkanes of at least 4 members (excludes halogenated alkanes) is 6. The van der Waals surface area contributed by atoms with Gasteiger partial charge in [-0.3, -0.25) is 0 Å². The van der Waals surface area contributed by atoms with Crippen molar-refractivity contribution in [2.75, 3.05) is 39.6 Å². The van der Waals surface area contributed by atoms with Crippen LogP contribution in [0.2, 0.25) is 0 Å². The van der Waals surface area contributed by atoms with E-state index in [9.17, 15) is 0 Å². The van der Waals surface area contributed by atoms with Crippen molar-refractivity contribution in [3.05, 3.63) is 5.67 Å². The first-order valence-corrected chi connectivity index (χ1v) is 17.4. The molecule has 0 aliphatic carbocycles. The van der Waals surface area contributed by atoms with Gasteiger partial charge in [-0.1, -0.05) is 80.1 Å². The molecular formula is C25H55O6Si2. The highest BCUT2D eigenvalue weighted by Gasteiger charge is 2.57. The third-order valence-electron chi connectivity index (χ3n) is 5.16. The average Bonchev–Trinajstić information content (AvgIpc) is 2.80. The summed E-state index contributed by atoms with van der Waals surface area (Å²) in [5.41, 5.74) is 2.04. The molecule has 33 heavy (non-hydrogen) atoms. The molecule has 8 heteroatoms. The van der Waals surface area contributed by atoms with Gasteiger partial charge in [-0.05, 0) is 38.5 Å². The smallest absolute Gasteiger partial charge is 0.373 e. The molecule has 1 radical (unpaired) electrons. The quantitative estimate of drug-likeness (QED) is 0.0923. The normalized spacial score (nSPS) is 12.5. The Kier molecular flexibility index (Phi) is 22.8. The molecule has 0 bridgehead atoms. The van der Waals surface area contributed by atoms with E-state index in [0.29, 0.717) is 39.6 Å². The van der Waals surface area contributed by atoms with Crippen molar-refractivity contribution >= 4 is 17.6 Å². The molecule has 0 aromatic heterocycles. The van der Waals surface area contributed by atoms with Crippen molar-refractivity contribution in [1.29, 1.82) is 0 Å². The highest BCUT2D eigenvalue weighted by atomic mass is 28.5. The Morgan fingerprint density at radius 2 is 0.545 bits per heavy atom. The molecule has 199 valence electrons. The predicted octanol–water partition coefficient (Wildman–Crippen LogP) is 7.05. The van der Waals surface area contributed by atoms with Crippen LogP contribution in [0.5, 0.6) is 0 Å². The maximum atomic E-state index is 6.47. The molecule has 0 aliphatic heterocycles. The van der Waals surface area contributed by atoms with E-state index < -0.39 is 17.6 Å². The van der Waals surface area contributed by atoms with E-state index >= 15 is 0 Å². The third kappa shape index (κ3) is 16.5. The van der Waals surface area contributed by atoms with Gasteiger partial charge in [-0.2, -0.15) is 0 Å². The predicted molar refractivity (Wildman–Crippen MR) is 141 cm³/mol. The van der Waals surface area contributed by atoms with Crippen LogP contribution in [0.4, 0.5) is 0 Å². The maximum absolute atomic E-state index is 6.47. The topological polar surface area (TPSA) is 55.4 Å². The Hall–Kier alpha value is 0.194.